The number of rotatable bonds is 2. The van der Waals surface area contributed by atoms with Crippen molar-refractivity contribution in [3.05, 3.63) is 23.7 Å². The van der Waals surface area contributed by atoms with E-state index in [0.717, 1.165) is 22.7 Å². The molecule has 2 aromatic heterocycles. The molecule has 0 saturated carbocycles. The Morgan fingerprint density at radius 1 is 1.13 bits per heavy atom. The molecule has 0 aliphatic rings. The van der Waals surface area contributed by atoms with Gasteiger partial charge in [-0.25, -0.2) is 9.97 Å². The van der Waals surface area contributed by atoms with Crippen molar-refractivity contribution in [1.82, 2.24) is 15.0 Å². The molecule has 0 radical (unpaired) electrons. The SMILES string of the molecule is Cc1ccc2[nH]c(C(C)C(C)C)nc2n1. The average molecular weight is 203 g/mol. The normalized spacial score (nSPS) is 13.7. The Morgan fingerprint density at radius 3 is 2.53 bits per heavy atom. The van der Waals surface area contributed by atoms with Gasteiger partial charge >= 0.3 is 0 Å². The van der Waals surface area contributed by atoms with Gasteiger partial charge in [0.05, 0.1) is 5.52 Å². The van der Waals surface area contributed by atoms with Crippen molar-refractivity contribution in [3.63, 3.8) is 0 Å². The van der Waals surface area contributed by atoms with Gasteiger partial charge in [0.25, 0.3) is 0 Å². The van der Waals surface area contributed by atoms with Crippen molar-refractivity contribution < 1.29 is 0 Å². The summed E-state index contributed by atoms with van der Waals surface area (Å²) in [7, 11) is 0. The summed E-state index contributed by atoms with van der Waals surface area (Å²) >= 11 is 0. The van der Waals surface area contributed by atoms with Crippen LogP contribution in [0.4, 0.5) is 0 Å². The first-order valence-corrected chi connectivity index (χ1v) is 5.41. The Balaban J connectivity index is 2.47. The number of pyridine rings is 1. The van der Waals surface area contributed by atoms with Gasteiger partial charge in [0.15, 0.2) is 5.65 Å². The van der Waals surface area contributed by atoms with Gasteiger partial charge < -0.3 is 4.98 Å². The first-order valence-electron chi connectivity index (χ1n) is 5.41. The molecule has 0 fully saturated rings. The number of aromatic nitrogens is 3. The van der Waals surface area contributed by atoms with Crippen LogP contribution in [-0.4, -0.2) is 15.0 Å². The largest absolute Gasteiger partial charge is 0.340 e. The van der Waals surface area contributed by atoms with E-state index in [0.29, 0.717) is 11.8 Å². The molecule has 2 heterocycles. The molecular formula is C12H17N3. The molecule has 2 aromatic rings. The Bertz CT molecular complexity index is 471. The van der Waals surface area contributed by atoms with Crippen LogP contribution in [0, 0.1) is 12.8 Å². The Morgan fingerprint density at radius 2 is 1.87 bits per heavy atom. The van der Waals surface area contributed by atoms with Crippen LogP contribution in [-0.2, 0) is 0 Å². The van der Waals surface area contributed by atoms with Crippen molar-refractivity contribution in [2.24, 2.45) is 5.92 Å². The van der Waals surface area contributed by atoms with Crippen LogP contribution in [0.3, 0.4) is 0 Å². The number of imidazole rings is 1. The van der Waals surface area contributed by atoms with E-state index < -0.39 is 0 Å². The summed E-state index contributed by atoms with van der Waals surface area (Å²) in [5.41, 5.74) is 2.87. The Labute approximate surface area is 90.0 Å². The highest BCUT2D eigenvalue weighted by atomic mass is 15.0. The molecule has 1 atom stereocenters. The molecule has 0 aromatic carbocycles. The van der Waals surface area contributed by atoms with Crippen LogP contribution in [0.2, 0.25) is 0 Å². The molecule has 3 heteroatoms. The van der Waals surface area contributed by atoms with E-state index in [1.54, 1.807) is 0 Å². The molecule has 3 nitrogen and oxygen atoms in total. The predicted octanol–water partition coefficient (Wildman–Crippen LogP) is 3.03. The topological polar surface area (TPSA) is 41.6 Å². The van der Waals surface area contributed by atoms with Crippen molar-refractivity contribution in [1.29, 1.82) is 0 Å². The second-order valence-electron chi connectivity index (χ2n) is 4.48. The van der Waals surface area contributed by atoms with Gasteiger partial charge in [0, 0.05) is 11.6 Å². The van der Waals surface area contributed by atoms with E-state index in [1.807, 2.05) is 19.1 Å². The number of hydrogen-bond donors (Lipinski definition) is 1. The fourth-order valence-corrected chi connectivity index (χ4v) is 1.54. The standard InChI is InChI=1S/C12H17N3/c1-7(2)9(4)11-14-10-6-5-8(3)13-12(10)15-11/h5-7,9H,1-4H3,(H,13,14,15). The highest BCUT2D eigenvalue weighted by Gasteiger charge is 2.14. The summed E-state index contributed by atoms with van der Waals surface area (Å²) < 4.78 is 0. The van der Waals surface area contributed by atoms with E-state index >= 15 is 0 Å². The lowest BCUT2D eigenvalue weighted by molar-refractivity contribution is 0.515. The number of hydrogen-bond acceptors (Lipinski definition) is 2. The molecule has 15 heavy (non-hydrogen) atoms. The second-order valence-corrected chi connectivity index (χ2v) is 4.48. The third-order valence-electron chi connectivity index (χ3n) is 2.93. The minimum Gasteiger partial charge on any atom is -0.340 e. The maximum Gasteiger partial charge on any atom is 0.177 e. The average Bonchev–Trinajstić information content (AvgIpc) is 2.58. The summed E-state index contributed by atoms with van der Waals surface area (Å²) in [5, 5.41) is 0. The van der Waals surface area contributed by atoms with Gasteiger partial charge in [-0.2, -0.15) is 0 Å². The van der Waals surface area contributed by atoms with Crippen LogP contribution >= 0.6 is 0 Å². The number of nitrogens with one attached hydrogen (secondary N) is 1. The summed E-state index contributed by atoms with van der Waals surface area (Å²) in [4.78, 5) is 12.3. The van der Waals surface area contributed by atoms with Gasteiger partial charge in [-0.1, -0.05) is 20.8 Å². The van der Waals surface area contributed by atoms with Crippen LogP contribution in [0.1, 0.15) is 38.2 Å². The van der Waals surface area contributed by atoms with Crippen molar-refractivity contribution in [2.75, 3.05) is 0 Å². The van der Waals surface area contributed by atoms with Gasteiger partial charge in [0.1, 0.15) is 5.82 Å². The Hall–Kier alpha value is -1.38. The zero-order chi connectivity index (χ0) is 11.0. The zero-order valence-electron chi connectivity index (χ0n) is 9.70. The number of nitrogens with zero attached hydrogens (tertiary/aromatic N) is 2. The summed E-state index contributed by atoms with van der Waals surface area (Å²) in [5.74, 6) is 2.07. The number of fused-ring (bicyclic) bond motifs is 1. The second kappa shape index (κ2) is 3.65. The van der Waals surface area contributed by atoms with Gasteiger partial charge in [0.2, 0.25) is 0 Å². The lowest BCUT2D eigenvalue weighted by Gasteiger charge is -2.11. The molecule has 1 N–H and O–H groups in total. The van der Waals surface area contributed by atoms with Crippen LogP contribution in [0.5, 0.6) is 0 Å². The minimum atomic E-state index is 0.444. The minimum absolute atomic E-state index is 0.444. The molecule has 0 aliphatic carbocycles. The predicted molar refractivity (Wildman–Crippen MR) is 61.9 cm³/mol. The summed E-state index contributed by atoms with van der Waals surface area (Å²) in [6.07, 6.45) is 0. The van der Waals surface area contributed by atoms with Crippen molar-refractivity contribution in [3.8, 4) is 0 Å². The summed E-state index contributed by atoms with van der Waals surface area (Å²) in [6.45, 7) is 8.59. The molecule has 0 aliphatic heterocycles. The lowest BCUT2D eigenvalue weighted by atomic mass is 9.98. The molecule has 1 unspecified atom stereocenters. The maximum absolute atomic E-state index is 4.53. The highest BCUT2D eigenvalue weighted by Crippen LogP contribution is 2.22. The van der Waals surface area contributed by atoms with Gasteiger partial charge in [-0.3, -0.25) is 0 Å². The monoisotopic (exact) mass is 203 g/mol. The lowest BCUT2D eigenvalue weighted by Crippen LogP contribution is -2.03. The van der Waals surface area contributed by atoms with Gasteiger partial charge in [-0.05, 0) is 25.0 Å². The Kier molecular flexibility index (Phi) is 2.47. The van der Waals surface area contributed by atoms with Gasteiger partial charge in [-0.15, -0.1) is 0 Å². The smallest absolute Gasteiger partial charge is 0.177 e. The highest BCUT2D eigenvalue weighted by molar-refractivity contribution is 5.70. The van der Waals surface area contributed by atoms with Crippen LogP contribution < -0.4 is 0 Å². The van der Waals surface area contributed by atoms with E-state index in [-0.39, 0.29) is 0 Å². The number of H-pyrrole nitrogens is 1. The molecule has 0 spiro atoms. The van der Waals surface area contributed by atoms with Crippen molar-refractivity contribution >= 4 is 11.2 Å². The quantitative estimate of drug-likeness (QED) is 0.815. The van der Waals surface area contributed by atoms with Crippen LogP contribution in [0.15, 0.2) is 12.1 Å². The molecule has 2 rings (SSSR count). The van der Waals surface area contributed by atoms with E-state index in [4.69, 9.17) is 0 Å². The molecule has 0 amide bonds. The van der Waals surface area contributed by atoms with Crippen molar-refractivity contribution in [2.45, 2.75) is 33.6 Å². The van der Waals surface area contributed by atoms with E-state index in [9.17, 15) is 0 Å². The van der Waals surface area contributed by atoms with E-state index in [1.165, 1.54) is 0 Å². The van der Waals surface area contributed by atoms with E-state index in [2.05, 4.69) is 35.7 Å². The first-order chi connectivity index (χ1) is 7.08. The number of aromatic amines is 1. The first kappa shape index (κ1) is 10.1. The third kappa shape index (κ3) is 1.87. The zero-order valence-corrected chi connectivity index (χ0v) is 9.70. The fourth-order valence-electron chi connectivity index (χ4n) is 1.54. The molecular weight excluding hydrogens is 186 g/mol. The maximum atomic E-state index is 4.53. The molecule has 80 valence electrons. The third-order valence-corrected chi connectivity index (χ3v) is 2.93. The fraction of sp³-hybridized carbons (Fsp3) is 0.500. The molecule has 0 bridgehead atoms. The number of aryl methyl sites for hydroxylation is 1. The summed E-state index contributed by atoms with van der Waals surface area (Å²) in [6, 6.07) is 4.05. The van der Waals surface area contributed by atoms with Crippen LogP contribution in [0.25, 0.3) is 11.2 Å². The molecule has 0 saturated heterocycles.